The van der Waals surface area contributed by atoms with E-state index in [1.54, 1.807) is 7.11 Å². The Hall–Kier alpha value is -3.20. The summed E-state index contributed by atoms with van der Waals surface area (Å²) in [6.07, 6.45) is 1.44. The first-order valence-corrected chi connectivity index (χ1v) is 12.1. The molecule has 3 aromatic rings. The predicted octanol–water partition coefficient (Wildman–Crippen LogP) is 3.51. The van der Waals surface area contributed by atoms with E-state index in [9.17, 15) is 4.79 Å². The molecule has 1 amide bonds. The van der Waals surface area contributed by atoms with Crippen molar-refractivity contribution in [3.63, 3.8) is 0 Å². The van der Waals surface area contributed by atoms with Crippen molar-refractivity contribution in [3.05, 3.63) is 83.6 Å². The molecule has 1 atom stereocenters. The van der Waals surface area contributed by atoms with Crippen LogP contribution >= 0.6 is 0 Å². The second-order valence-corrected chi connectivity index (χ2v) is 8.68. The van der Waals surface area contributed by atoms with E-state index < -0.39 is 0 Å². The fourth-order valence-corrected chi connectivity index (χ4v) is 4.18. The number of nitrogens with zero attached hydrogens (tertiary/aromatic N) is 3. The summed E-state index contributed by atoms with van der Waals surface area (Å²) in [5.74, 6) is 1.11. The van der Waals surface area contributed by atoms with Gasteiger partial charge in [-0.1, -0.05) is 42.5 Å². The minimum Gasteiger partial charge on any atom is -0.497 e. The van der Waals surface area contributed by atoms with Crippen LogP contribution in [0.3, 0.4) is 0 Å². The number of amides is 1. The van der Waals surface area contributed by atoms with Crippen molar-refractivity contribution in [1.82, 2.24) is 20.1 Å². The van der Waals surface area contributed by atoms with Gasteiger partial charge in [0.25, 0.3) is 5.91 Å². The van der Waals surface area contributed by atoms with Gasteiger partial charge in [0.1, 0.15) is 12.0 Å². The molecule has 186 valence electrons. The molecule has 0 spiro atoms. The topological polar surface area (TPSA) is 80.1 Å². The second kappa shape index (κ2) is 12.5. The van der Waals surface area contributed by atoms with Crippen molar-refractivity contribution in [2.75, 3.05) is 46.5 Å². The Morgan fingerprint density at radius 1 is 1.14 bits per heavy atom. The summed E-state index contributed by atoms with van der Waals surface area (Å²) in [4.78, 5) is 21.6. The maximum Gasteiger partial charge on any atom is 0.273 e. The minimum atomic E-state index is -0.219. The van der Waals surface area contributed by atoms with Crippen molar-refractivity contribution >= 4 is 5.91 Å². The van der Waals surface area contributed by atoms with Gasteiger partial charge in [0.2, 0.25) is 5.89 Å². The molecule has 1 aromatic heterocycles. The highest BCUT2D eigenvalue weighted by Crippen LogP contribution is 2.25. The van der Waals surface area contributed by atoms with E-state index in [1.807, 2.05) is 36.4 Å². The predicted molar refractivity (Wildman–Crippen MR) is 133 cm³/mol. The maximum atomic E-state index is 12.6. The number of carbonyl (C=O) groups is 1. The van der Waals surface area contributed by atoms with Gasteiger partial charge in [-0.05, 0) is 30.2 Å². The average molecular weight is 479 g/mol. The normalized spacial score (nSPS) is 15.2. The number of benzene rings is 2. The lowest BCUT2D eigenvalue weighted by molar-refractivity contribution is 0.0383. The van der Waals surface area contributed by atoms with Gasteiger partial charge in [-0.2, -0.15) is 0 Å². The molecule has 1 N–H and O–H groups in total. The molecule has 1 saturated heterocycles. The number of hydrogen-bond donors (Lipinski definition) is 1. The molecule has 0 aliphatic carbocycles. The lowest BCUT2D eigenvalue weighted by atomic mass is 10.1. The van der Waals surface area contributed by atoms with Crippen molar-refractivity contribution in [3.8, 4) is 5.75 Å². The molecule has 1 fully saturated rings. The summed E-state index contributed by atoms with van der Waals surface area (Å²) in [5.41, 5.74) is 2.62. The van der Waals surface area contributed by atoms with Crippen LogP contribution in [0, 0.1) is 0 Å². The number of morpholine rings is 1. The molecule has 0 radical (unpaired) electrons. The van der Waals surface area contributed by atoms with Crippen LogP contribution in [0.2, 0.25) is 0 Å². The van der Waals surface area contributed by atoms with Crippen LogP contribution in [0.5, 0.6) is 5.75 Å². The number of ether oxygens (including phenoxy) is 2. The number of nitrogens with one attached hydrogen (secondary N) is 1. The third-order valence-electron chi connectivity index (χ3n) is 6.29. The zero-order valence-electron chi connectivity index (χ0n) is 20.5. The Morgan fingerprint density at radius 3 is 2.71 bits per heavy atom. The van der Waals surface area contributed by atoms with Gasteiger partial charge in [0.15, 0.2) is 5.69 Å². The first-order valence-electron chi connectivity index (χ1n) is 12.1. The minimum absolute atomic E-state index is 0.111. The number of carbonyl (C=O) groups excluding carboxylic acids is 1. The molecule has 35 heavy (non-hydrogen) atoms. The van der Waals surface area contributed by atoms with Gasteiger partial charge < -0.3 is 19.2 Å². The monoisotopic (exact) mass is 478 g/mol. The SMILES string of the molecule is COc1cccc(CN(Cc2nc(C(=O)NCCN3CCOCC3)co2)[C@@H](C)c2ccccc2)c1. The fraction of sp³-hybridized carbons (Fsp3) is 0.407. The number of oxazole rings is 1. The summed E-state index contributed by atoms with van der Waals surface area (Å²) in [5, 5.41) is 2.94. The largest absolute Gasteiger partial charge is 0.497 e. The molecule has 1 aliphatic heterocycles. The van der Waals surface area contributed by atoms with E-state index in [0.717, 1.165) is 44.2 Å². The number of rotatable bonds is 11. The molecule has 0 bridgehead atoms. The lowest BCUT2D eigenvalue weighted by Crippen LogP contribution is -2.41. The van der Waals surface area contributed by atoms with E-state index in [0.29, 0.717) is 31.2 Å². The fourth-order valence-electron chi connectivity index (χ4n) is 4.18. The van der Waals surface area contributed by atoms with E-state index in [4.69, 9.17) is 13.9 Å². The molecular formula is C27H34N4O4. The highest BCUT2D eigenvalue weighted by molar-refractivity contribution is 5.91. The van der Waals surface area contributed by atoms with E-state index in [-0.39, 0.29) is 11.9 Å². The lowest BCUT2D eigenvalue weighted by Gasteiger charge is -2.28. The zero-order valence-corrected chi connectivity index (χ0v) is 20.5. The summed E-state index contributed by atoms with van der Waals surface area (Å²) < 4.78 is 16.5. The first kappa shape index (κ1) is 24.9. The average Bonchev–Trinajstić information content (AvgIpc) is 3.38. The molecule has 1 aliphatic rings. The van der Waals surface area contributed by atoms with Crippen LogP contribution in [0.1, 0.15) is 40.5 Å². The maximum absolute atomic E-state index is 12.6. The molecular weight excluding hydrogens is 444 g/mol. The van der Waals surface area contributed by atoms with E-state index in [1.165, 1.54) is 11.8 Å². The van der Waals surface area contributed by atoms with Crippen molar-refractivity contribution in [2.24, 2.45) is 0 Å². The van der Waals surface area contributed by atoms with Crippen LogP contribution in [0.4, 0.5) is 0 Å². The van der Waals surface area contributed by atoms with E-state index >= 15 is 0 Å². The summed E-state index contributed by atoms with van der Waals surface area (Å²) in [7, 11) is 1.67. The van der Waals surface area contributed by atoms with Gasteiger partial charge in [-0.25, -0.2) is 4.98 Å². The van der Waals surface area contributed by atoms with Crippen molar-refractivity contribution in [1.29, 1.82) is 0 Å². The standard InChI is InChI=1S/C27H34N4O4/c1-21(23-8-4-3-5-9-23)31(18-22-7-6-10-24(17-22)33-2)19-26-29-25(20-35-26)27(32)28-11-12-30-13-15-34-16-14-30/h3-10,17,20-21H,11-16,18-19H2,1-2H3,(H,28,32)/t21-/m0/s1. The number of hydrogen-bond acceptors (Lipinski definition) is 7. The highest BCUT2D eigenvalue weighted by atomic mass is 16.5. The molecule has 4 rings (SSSR count). The van der Waals surface area contributed by atoms with Gasteiger partial charge in [-0.3, -0.25) is 14.6 Å². The molecule has 8 heteroatoms. The molecule has 0 unspecified atom stereocenters. The van der Waals surface area contributed by atoms with Crippen LogP contribution < -0.4 is 10.1 Å². The molecule has 2 heterocycles. The van der Waals surface area contributed by atoms with Crippen LogP contribution in [0.25, 0.3) is 0 Å². The van der Waals surface area contributed by atoms with Crippen molar-refractivity contribution < 1.29 is 18.7 Å². The third-order valence-corrected chi connectivity index (χ3v) is 6.29. The Bertz CT molecular complexity index is 1070. The van der Waals surface area contributed by atoms with Crippen molar-refractivity contribution in [2.45, 2.75) is 26.1 Å². The number of aromatic nitrogens is 1. The molecule has 2 aromatic carbocycles. The van der Waals surface area contributed by atoms with Gasteiger partial charge in [-0.15, -0.1) is 0 Å². The van der Waals surface area contributed by atoms with Gasteiger partial charge >= 0.3 is 0 Å². The Morgan fingerprint density at radius 2 is 1.94 bits per heavy atom. The van der Waals surface area contributed by atoms with E-state index in [2.05, 4.69) is 45.2 Å². The van der Waals surface area contributed by atoms with Crippen LogP contribution in [-0.2, 0) is 17.8 Å². The zero-order chi connectivity index (χ0) is 24.5. The summed E-state index contributed by atoms with van der Waals surface area (Å²) in [6, 6.07) is 18.5. The second-order valence-electron chi connectivity index (χ2n) is 8.68. The third kappa shape index (κ3) is 7.14. The smallest absolute Gasteiger partial charge is 0.273 e. The Balaban J connectivity index is 1.41. The highest BCUT2D eigenvalue weighted by Gasteiger charge is 2.21. The summed E-state index contributed by atoms with van der Waals surface area (Å²) in [6.45, 7) is 7.95. The molecule has 8 nitrogen and oxygen atoms in total. The molecule has 0 saturated carbocycles. The Kier molecular flexibility index (Phi) is 8.89. The number of methoxy groups -OCH3 is 1. The summed E-state index contributed by atoms with van der Waals surface area (Å²) >= 11 is 0. The van der Waals surface area contributed by atoms with Crippen LogP contribution in [0.15, 0.2) is 65.3 Å². The van der Waals surface area contributed by atoms with Gasteiger partial charge in [0.05, 0.1) is 26.9 Å². The quantitative estimate of drug-likeness (QED) is 0.452. The first-order chi connectivity index (χ1) is 17.1. The van der Waals surface area contributed by atoms with Gasteiger partial charge in [0, 0.05) is 38.8 Å². The van der Waals surface area contributed by atoms with Crippen LogP contribution in [-0.4, -0.2) is 67.2 Å². The Labute approximate surface area is 206 Å².